The first-order valence-corrected chi connectivity index (χ1v) is 7.11. The topological polar surface area (TPSA) is 35.2 Å². The summed E-state index contributed by atoms with van der Waals surface area (Å²) in [7, 11) is 0. The Morgan fingerprint density at radius 2 is 1.94 bits per heavy atom. The van der Waals surface area contributed by atoms with E-state index in [1.165, 1.54) is 18.4 Å². The molecule has 2 N–H and O–H groups in total. The van der Waals surface area contributed by atoms with Crippen LogP contribution in [-0.4, -0.2) is 13.2 Å². The van der Waals surface area contributed by atoms with Crippen molar-refractivity contribution in [2.75, 3.05) is 13.2 Å². The summed E-state index contributed by atoms with van der Waals surface area (Å²) in [5.41, 5.74) is 6.98. The minimum absolute atomic E-state index is 0.527. The first-order valence-electron chi connectivity index (χ1n) is 7.11. The van der Waals surface area contributed by atoms with Gasteiger partial charge in [0.1, 0.15) is 5.75 Å². The van der Waals surface area contributed by atoms with Crippen LogP contribution in [0.3, 0.4) is 0 Å². The van der Waals surface area contributed by atoms with Gasteiger partial charge >= 0.3 is 0 Å². The summed E-state index contributed by atoms with van der Waals surface area (Å²) in [4.78, 5) is 0. The van der Waals surface area contributed by atoms with E-state index in [1.54, 1.807) is 0 Å². The van der Waals surface area contributed by atoms with Crippen LogP contribution in [0.25, 0.3) is 0 Å². The van der Waals surface area contributed by atoms with Crippen LogP contribution in [0.1, 0.15) is 39.2 Å². The fraction of sp³-hybridized carbons (Fsp3) is 0.625. The Morgan fingerprint density at radius 1 is 1.22 bits per heavy atom. The second-order valence-corrected chi connectivity index (χ2v) is 5.19. The minimum Gasteiger partial charge on any atom is -0.493 e. The van der Waals surface area contributed by atoms with Gasteiger partial charge in [0.15, 0.2) is 0 Å². The molecule has 0 radical (unpaired) electrons. The van der Waals surface area contributed by atoms with Gasteiger partial charge < -0.3 is 10.5 Å². The number of rotatable bonds is 8. The van der Waals surface area contributed by atoms with Crippen LogP contribution < -0.4 is 10.5 Å². The molecule has 0 aromatic heterocycles. The number of benzene rings is 1. The molecular formula is C16H27NO. The van der Waals surface area contributed by atoms with Gasteiger partial charge in [0.25, 0.3) is 0 Å². The van der Waals surface area contributed by atoms with E-state index in [0.717, 1.165) is 25.3 Å². The monoisotopic (exact) mass is 249 g/mol. The van der Waals surface area contributed by atoms with Crippen molar-refractivity contribution in [1.82, 2.24) is 0 Å². The molecule has 0 saturated carbocycles. The lowest BCUT2D eigenvalue weighted by Gasteiger charge is -2.15. The summed E-state index contributed by atoms with van der Waals surface area (Å²) < 4.78 is 5.87. The van der Waals surface area contributed by atoms with Crippen LogP contribution >= 0.6 is 0 Å². The quantitative estimate of drug-likeness (QED) is 0.763. The molecule has 0 heterocycles. The Morgan fingerprint density at radius 3 is 2.56 bits per heavy atom. The second kappa shape index (κ2) is 8.15. The maximum atomic E-state index is 5.87. The Bertz CT molecular complexity index is 334. The van der Waals surface area contributed by atoms with Gasteiger partial charge in [-0.25, -0.2) is 0 Å². The van der Waals surface area contributed by atoms with Crippen molar-refractivity contribution in [3.05, 3.63) is 29.8 Å². The molecule has 2 nitrogen and oxygen atoms in total. The van der Waals surface area contributed by atoms with Gasteiger partial charge in [-0.15, -0.1) is 0 Å². The van der Waals surface area contributed by atoms with E-state index in [4.69, 9.17) is 10.5 Å². The first kappa shape index (κ1) is 15.0. The van der Waals surface area contributed by atoms with E-state index in [2.05, 4.69) is 39.0 Å². The zero-order valence-corrected chi connectivity index (χ0v) is 12.0. The maximum absolute atomic E-state index is 5.87. The third-order valence-electron chi connectivity index (χ3n) is 3.53. The van der Waals surface area contributed by atoms with Crippen molar-refractivity contribution < 1.29 is 4.74 Å². The molecule has 1 rings (SSSR count). The van der Waals surface area contributed by atoms with Crippen molar-refractivity contribution >= 4 is 0 Å². The molecule has 1 aromatic carbocycles. The van der Waals surface area contributed by atoms with E-state index in [9.17, 15) is 0 Å². The van der Waals surface area contributed by atoms with Gasteiger partial charge in [-0.1, -0.05) is 45.7 Å². The zero-order valence-electron chi connectivity index (χ0n) is 12.0. The molecule has 0 saturated heterocycles. The lowest BCUT2D eigenvalue weighted by atomic mass is 10.0. The molecule has 0 aliphatic heterocycles. The van der Waals surface area contributed by atoms with Gasteiger partial charge in [-0.3, -0.25) is 0 Å². The summed E-state index contributed by atoms with van der Waals surface area (Å²) >= 11 is 0. The van der Waals surface area contributed by atoms with E-state index in [-0.39, 0.29) is 0 Å². The average Bonchev–Trinajstić information content (AvgIpc) is 2.40. The first-order chi connectivity index (χ1) is 8.69. The highest BCUT2D eigenvalue weighted by molar-refractivity contribution is 5.28. The molecule has 1 unspecified atom stereocenters. The average molecular weight is 249 g/mol. The van der Waals surface area contributed by atoms with E-state index >= 15 is 0 Å². The zero-order chi connectivity index (χ0) is 13.4. The van der Waals surface area contributed by atoms with Crippen molar-refractivity contribution in [3.63, 3.8) is 0 Å². The Hall–Kier alpha value is -1.02. The van der Waals surface area contributed by atoms with E-state index in [0.29, 0.717) is 11.8 Å². The highest BCUT2D eigenvalue weighted by atomic mass is 16.5. The third kappa shape index (κ3) is 5.09. The number of hydrogen-bond acceptors (Lipinski definition) is 2. The largest absolute Gasteiger partial charge is 0.493 e. The van der Waals surface area contributed by atoms with Crippen molar-refractivity contribution in [2.45, 2.75) is 40.0 Å². The Kier molecular flexibility index (Phi) is 6.81. The van der Waals surface area contributed by atoms with Crippen LogP contribution in [0.15, 0.2) is 24.3 Å². The number of ether oxygens (including phenoxy) is 1. The lowest BCUT2D eigenvalue weighted by molar-refractivity contribution is 0.240. The van der Waals surface area contributed by atoms with Crippen LogP contribution in [0, 0.1) is 11.8 Å². The molecule has 0 fully saturated rings. The molecule has 0 bridgehead atoms. The predicted octanol–water partition coefficient (Wildman–Crippen LogP) is 3.64. The molecule has 0 aliphatic carbocycles. The van der Waals surface area contributed by atoms with Crippen molar-refractivity contribution in [1.29, 1.82) is 0 Å². The highest BCUT2D eigenvalue weighted by Gasteiger charge is 2.06. The maximum Gasteiger partial charge on any atom is 0.119 e. The van der Waals surface area contributed by atoms with Gasteiger partial charge in [0, 0.05) is 0 Å². The second-order valence-electron chi connectivity index (χ2n) is 5.19. The molecule has 102 valence electrons. The molecule has 18 heavy (non-hydrogen) atoms. The fourth-order valence-electron chi connectivity index (χ4n) is 1.99. The third-order valence-corrected chi connectivity index (χ3v) is 3.53. The molecule has 0 spiro atoms. The number of hydrogen-bond donors (Lipinski definition) is 1. The summed E-state index contributed by atoms with van der Waals surface area (Å²) in [5, 5.41) is 0. The van der Waals surface area contributed by atoms with E-state index in [1.807, 2.05) is 6.07 Å². The molecule has 1 aromatic rings. The van der Waals surface area contributed by atoms with Crippen LogP contribution in [0.5, 0.6) is 5.75 Å². The molecule has 0 amide bonds. The van der Waals surface area contributed by atoms with Crippen LogP contribution in [0.2, 0.25) is 0 Å². The SMILES string of the molecule is CCC(CC)COc1cccc(CC(C)CN)c1. The molecule has 2 heteroatoms. The Balaban J connectivity index is 2.53. The van der Waals surface area contributed by atoms with Crippen molar-refractivity contribution in [2.24, 2.45) is 17.6 Å². The van der Waals surface area contributed by atoms with Gasteiger partial charge in [-0.2, -0.15) is 0 Å². The summed E-state index contributed by atoms with van der Waals surface area (Å²) in [5.74, 6) is 2.18. The van der Waals surface area contributed by atoms with Crippen LogP contribution in [0.4, 0.5) is 0 Å². The smallest absolute Gasteiger partial charge is 0.119 e. The summed E-state index contributed by atoms with van der Waals surface area (Å²) in [6.07, 6.45) is 3.39. The standard InChI is InChI=1S/C16H27NO/c1-4-14(5-2)12-18-16-8-6-7-15(10-16)9-13(3)11-17/h6-8,10,13-14H,4-5,9,11-12,17H2,1-3H3. The summed E-state index contributed by atoms with van der Waals surface area (Å²) in [6, 6.07) is 8.41. The summed E-state index contributed by atoms with van der Waals surface area (Å²) in [6.45, 7) is 8.17. The van der Waals surface area contributed by atoms with E-state index < -0.39 is 0 Å². The van der Waals surface area contributed by atoms with Crippen LogP contribution in [-0.2, 0) is 6.42 Å². The molecule has 0 aliphatic rings. The van der Waals surface area contributed by atoms with Gasteiger partial charge in [0.05, 0.1) is 6.61 Å². The normalized spacial score (nSPS) is 12.7. The highest BCUT2D eigenvalue weighted by Crippen LogP contribution is 2.18. The van der Waals surface area contributed by atoms with Crippen molar-refractivity contribution in [3.8, 4) is 5.75 Å². The predicted molar refractivity (Wildman–Crippen MR) is 77.9 cm³/mol. The number of nitrogens with two attached hydrogens (primary N) is 1. The van der Waals surface area contributed by atoms with Gasteiger partial charge in [-0.05, 0) is 42.5 Å². The molecular weight excluding hydrogens is 222 g/mol. The fourth-order valence-corrected chi connectivity index (χ4v) is 1.99. The molecule has 1 atom stereocenters. The minimum atomic E-state index is 0.527. The lowest BCUT2D eigenvalue weighted by Crippen LogP contribution is -2.13. The van der Waals surface area contributed by atoms with Gasteiger partial charge in [0.2, 0.25) is 0 Å². The Labute approximate surface area is 112 Å².